The summed E-state index contributed by atoms with van der Waals surface area (Å²) in [6, 6.07) is 31.1. The summed E-state index contributed by atoms with van der Waals surface area (Å²) < 4.78 is 6.75. The average Bonchev–Trinajstić information content (AvgIpc) is 3.50. The van der Waals surface area contributed by atoms with E-state index < -0.39 is 28.3 Å². The van der Waals surface area contributed by atoms with Crippen molar-refractivity contribution in [1.82, 2.24) is 0 Å². The van der Waals surface area contributed by atoms with Crippen LogP contribution in [0.3, 0.4) is 0 Å². The lowest BCUT2D eigenvalue weighted by atomic mass is 9.71. The van der Waals surface area contributed by atoms with E-state index in [4.69, 9.17) is 4.74 Å². The molecule has 1 fully saturated rings. The summed E-state index contributed by atoms with van der Waals surface area (Å²) in [5.74, 6) is -1.83. The molecule has 4 aromatic rings. The molecule has 0 radical (unpaired) electrons. The van der Waals surface area contributed by atoms with Gasteiger partial charge in [-0.15, -0.1) is 0 Å². The molecule has 5 unspecified atom stereocenters. The molecule has 0 amide bonds. The van der Waals surface area contributed by atoms with E-state index in [-0.39, 0.29) is 23.2 Å². The standard InChI is InChI=1S/C31H21NO5/c33-29-23-17-20(32(35)36)15-16-21(23)25-26(29)28(19-11-5-2-6-12-19)31(27(25)18-9-3-1-4-10-18)30(34)22-13-7-8-14-24(22)37-31/h1-17,25-28H. The van der Waals surface area contributed by atoms with Gasteiger partial charge in [-0.2, -0.15) is 0 Å². The third kappa shape index (κ3) is 2.81. The van der Waals surface area contributed by atoms with Gasteiger partial charge >= 0.3 is 0 Å². The number of nitro benzene ring substituents is 1. The number of non-ortho nitro benzene ring substituents is 1. The Hall–Kier alpha value is -4.58. The van der Waals surface area contributed by atoms with E-state index in [1.54, 1.807) is 18.2 Å². The highest BCUT2D eigenvalue weighted by atomic mass is 16.6. The summed E-state index contributed by atoms with van der Waals surface area (Å²) in [5.41, 5.74) is 1.90. The third-order valence-electron chi connectivity index (χ3n) is 8.29. The number of benzene rings is 4. The second-order valence-corrected chi connectivity index (χ2v) is 9.94. The largest absolute Gasteiger partial charge is 0.477 e. The van der Waals surface area contributed by atoms with E-state index >= 15 is 0 Å². The van der Waals surface area contributed by atoms with E-state index in [2.05, 4.69) is 0 Å². The number of nitrogens with zero attached hydrogens (tertiary/aromatic N) is 1. The van der Waals surface area contributed by atoms with Gasteiger partial charge in [0.1, 0.15) is 5.75 Å². The molecule has 37 heavy (non-hydrogen) atoms. The molecule has 7 rings (SSSR count). The van der Waals surface area contributed by atoms with Crippen LogP contribution in [0, 0.1) is 16.0 Å². The van der Waals surface area contributed by atoms with Crippen LogP contribution in [0.25, 0.3) is 0 Å². The number of ether oxygens (including phenoxy) is 1. The lowest BCUT2D eigenvalue weighted by molar-refractivity contribution is -0.384. The van der Waals surface area contributed by atoms with Crippen molar-refractivity contribution >= 4 is 17.3 Å². The molecule has 3 aliphatic rings. The van der Waals surface area contributed by atoms with Gasteiger partial charge in [0, 0.05) is 41.4 Å². The quantitative estimate of drug-likeness (QED) is 0.258. The fourth-order valence-corrected chi connectivity index (χ4v) is 6.99. The van der Waals surface area contributed by atoms with Crippen molar-refractivity contribution in [1.29, 1.82) is 0 Å². The summed E-state index contributed by atoms with van der Waals surface area (Å²) >= 11 is 0. The van der Waals surface area contributed by atoms with E-state index in [0.29, 0.717) is 16.9 Å². The Labute approximate surface area is 212 Å². The molecule has 0 bridgehead atoms. The zero-order valence-electron chi connectivity index (χ0n) is 19.6. The number of para-hydroxylation sites is 1. The lowest BCUT2D eigenvalue weighted by Crippen LogP contribution is -2.49. The maximum absolute atomic E-state index is 14.5. The van der Waals surface area contributed by atoms with Crippen LogP contribution >= 0.6 is 0 Å². The first-order valence-corrected chi connectivity index (χ1v) is 12.3. The number of carbonyl (C=O) groups is 2. The Morgan fingerprint density at radius 2 is 1.30 bits per heavy atom. The second-order valence-electron chi connectivity index (χ2n) is 9.94. The molecule has 1 aliphatic heterocycles. The van der Waals surface area contributed by atoms with E-state index in [9.17, 15) is 19.7 Å². The predicted molar refractivity (Wildman–Crippen MR) is 136 cm³/mol. The second kappa shape index (κ2) is 7.71. The molecule has 6 heteroatoms. The van der Waals surface area contributed by atoms with Crippen LogP contribution in [-0.4, -0.2) is 22.1 Å². The van der Waals surface area contributed by atoms with Crippen molar-refractivity contribution in [3.8, 4) is 5.75 Å². The van der Waals surface area contributed by atoms with Crippen molar-refractivity contribution in [2.24, 2.45) is 5.92 Å². The number of Topliss-reactive ketones (excluding diaryl/α,β-unsaturated/α-hetero) is 2. The van der Waals surface area contributed by atoms with Crippen molar-refractivity contribution in [2.75, 3.05) is 0 Å². The molecule has 1 saturated carbocycles. The summed E-state index contributed by atoms with van der Waals surface area (Å²) in [6.45, 7) is 0. The van der Waals surface area contributed by atoms with E-state index in [0.717, 1.165) is 16.7 Å². The fourth-order valence-electron chi connectivity index (χ4n) is 6.99. The average molecular weight is 488 g/mol. The lowest BCUT2D eigenvalue weighted by Gasteiger charge is -2.37. The van der Waals surface area contributed by atoms with E-state index in [1.165, 1.54) is 12.1 Å². The molecule has 1 heterocycles. The first kappa shape index (κ1) is 21.7. The molecule has 2 aliphatic carbocycles. The van der Waals surface area contributed by atoms with Gasteiger partial charge in [-0.25, -0.2) is 0 Å². The highest BCUT2D eigenvalue weighted by Crippen LogP contribution is 2.68. The number of rotatable bonds is 3. The van der Waals surface area contributed by atoms with Crippen molar-refractivity contribution in [2.45, 2.75) is 23.4 Å². The van der Waals surface area contributed by atoms with Crippen LogP contribution in [0.2, 0.25) is 0 Å². The van der Waals surface area contributed by atoms with Gasteiger partial charge in [0.2, 0.25) is 5.78 Å². The molecule has 0 saturated heterocycles. The first-order valence-electron chi connectivity index (χ1n) is 12.3. The van der Waals surface area contributed by atoms with Crippen LogP contribution in [0.15, 0.2) is 103 Å². The maximum atomic E-state index is 14.5. The zero-order chi connectivity index (χ0) is 25.3. The molecule has 0 N–H and O–H groups in total. The van der Waals surface area contributed by atoms with Crippen molar-refractivity contribution in [3.05, 3.63) is 141 Å². The minimum Gasteiger partial charge on any atom is -0.477 e. The SMILES string of the molecule is O=C1c2cc([N+](=O)[O-])ccc2C2C1C(c1ccccc1)C1(Oc3ccccc3C1=O)C2c1ccccc1. The Morgan fingerprint density at radius 3 is 1.92 bits per heavy atom. The number of nitro groups is 1. The van der Waals surface area contributed by atoms with Gasteiger partial charge in [-0.05, 0) is 28.8 Å². The summed E-state index contributed by atoms with van der Waals surface area (Å²) in [7, 11) is 0. The molecule has 1 spiro atoms. The van der Waals surface area contributed by atoms with Crippen molar-refractivity contribution < 1.29 is 19.2 Å². The Kier molecular flexibility index (Phi) is 4.52. The highest BCUT2D eigenvalue weighted by Gasteiger charge is 2.72. The topological polar surface area (TPSA) is 86.5 Å². The molecule has 6 nitrogen and oxygen atoms in total. The van der Waals surface area contributed by atoms with E-state index in [1.807, 2.05) is 72.8 Å². The van der Waals surface area contributed by atoms with Gasteiger partial charge in [-0.1, -0.05) is 78.9 Å². The number of hydrogen-bond donors (Lipinski definition) is 0. The summed E-state index contributed by atoms with van der Waals surface area (Å²) in [4.78, 5) is 39.6. The van der Waals surface area contributed by atoms with Crippen LogP contribution < -0.4 is 4.74 Å². The minimum atomic E-state index is -1.34. The Bertz CT molecular complexity index is 1600. The normalized spacial score (nSPS) is 27.0. The summed E-state index contributed by atoms with van der Waals surface area (Å²) in [5, 5.41) is 11.5. The Balaban J connectivity index is 1.54. The highest BCUT2D eigenvalue weighted by molar-refractivity contribution is 6.13. The van der Waals surface area contributed by atoms with Gasteiger partial charge in [0.15, 0.2) is 11.4 Å². The summed E-state index contributed by atoms with van der Waals surface area (Å²) in [6.07, 6.45) is 0. The van der Waals surface area contributed by atoms with Gasteiger partial charge in [-0.3, -0.25) is 19.7 Å². The fraction of sp³-hybridized carbons (Fsp3) is 0.161. The minimum absolute atomic E-state index is 0.116. The van der Waals surface area contributed by atoms with Gasteiger partial charge in [0.05, 0.1) is 10.5 Å². The Morgan fingerprint density at radius 1 is 0.703 bits per heavy atom. The molecule has 0 aromatic heterocycles. The predicted octanol–water partition coefficient (Wildman–Crippen LogP) is 6.09. The number of carbonyl (C=O) groups excluding carboxylic acids is 2. The van der Waals surface area contributed by atoms with Crippen molar-refractivity contribution in [3.63, 3.8) is 0 Å². The van der Waals surface area contributed by atoms with Crippen LogP contribution in [0.4, 0.5) is 5.69 Å². The van der Waals surface area contributed by atoms with Crippen LogP contribution in [0.1, 0.15) is 55.2 Å². The molecule has 180 valence electrons. The molecular formula is C31H21NO5. The maximum Gasteiger partial charge on any atom is 0.270 e. The zero-order valence-corrected chi connectivity index (χ0v) is 19.6. The number of fused-ring (bicyclic) bond motifs is 4. The smallest absolute Gasteiger partial charge is 0.270 e. The monoisotopic (exact) mass is 487 g/mol. The molecule has 5 atom stereocenters. The first-order chi connectivity index (χ1) is 18.0. The third-order valence-corrected chi connectivity index (χ3v) is 8.29. The molecular weight excluding hydrogens is 466 g/mol. The van der Waals surface area contributed by atoms with Gasteiger partial charge in [0.25, 0.3) is 5.69 Å². The van der Waals surface area contributed by atoms with Crippen LogP contribution in [0.5, 0.6) is 5.75 Å². The number of ketones is 2. The molecule has 4 aromatic carbocycles. The van der Waals surface area contributed by atoms with Gasteiger partial charge < -0.3 is 4.74 Å². The number of hydrogen-bond acceptors (Lipinski definition) is 5. The van der Waals surface area contributed by atoms with Crippen LogP contribution in [-0.2, 0) is 0 Å².